The van der Waals surface area contributed by atoms with Crippen molar-refractivity contribution in [3.63, 3.8) is 0 Å². The van der Waals surface area contributed by atoms with Gasteiger partial charge in [-0.15, -0.1) is 0 Å². The number of nitrogens with one attached hydrogen (secondary N) is 1. The molecule has 1 fully saturated rings. The quantitative estimate of drug-likeness (QED) is 0.312. The van der Waals surface area contributed by atoms with Crippen LogP contribution < -0.4 is 5.32 Å². The van der Waals surface area contributed by atoms with Crippen LogP contribution in [0.3, 0.4) is 0 Å². The van der Waals surface area contributed by atoms with Crippen LogP contribution in [0.25, 0.3) is 0 Å². The standard InChI is InChI=1S/C31H36F3N3O3/c1-20(2)23-12-14-30(15-13-23)36-27(25-6-4-7-26(19-25)31(32,33)34)29(40)37(30)21(3)18-22-8-10-24(11-9-22)28(39)35-16-5-17-38/h4,6-11,17,19-21,23H,5,12-16,18H2,1-3H3,(H,35,39). The smallest absolute Gasteiger partial charge is 0.352 e. The number of aliphatic imine (C=N–C) groups is 1. The first-order chi connectivity index (χ1) is 18.9. The predicted octanol–water partition coefficient (Wildman–Crippen LogP) is 5.83. The van der Waals surface area contributed by atoms with Gasteiger partial charge in [-0.1, -0.05) is 38.1 Å². The highest BCUT2D eigenvalue weighted by atomic mass is 19.4. The Bertz CT molecular complexity index is 1260. The van der Waals surface area contributed by atoms with E-state index in [9.17, 15) is 27.6 Å². The fourth-order valence-corrected chi connectivity index (χ4v) is 5.95. The third-order valence-corrected chi connectivity index (χ3v) is 8.16. The molecule has 1 N–H and O–H groups in total. The number of benzene rings is 2. The van der Waals surface area contributed by atoms with Crippen LogP contribution in [0.15, 0.2) is 53.5 Å². The van der Waals surface area contributed by atoms with Gasteiger partial charge in [0.25, 0.3) is 11.8 Å². The molecule has 1 spiro atoms. The minimum atomic E-state index is -4.52. The molecule has 1 atom stereocenters. The van der Waals surface area contributed by atoms with Crippen molar-refractivity contribution < 1.29 is 27.6 Å². The van der Waals surface area contributed by atoms with Gasteiger partial charge in [0.15, 0.2) is 0 Å². The van der Waals surface area contributed by atoms with Gasteiger partial charge in [0, 0.05) is 30.1 Å². The zero-order valence-electron chi connectivity index (χ0n) is 23.1. The molecule has 0 saturated heterocycles. The van der Waals surface area contributed by atoms with Crippen LogP contribution in [0.5, 0.6) is 0 Å². The molecule has 2 aliphatic rings. The number of nitrogens with zero attached hydrogens (tertiary/aromatic N) is 2. The SMILES string of the molecule is CC(C)C1CCC2(CC1)N=C(c1cccc(C(F)(F)F)c1)C(=O)N2C(C)Cc1ccc(C(=O)NCCC=O)cc1. The van der Waals surface area contributed by atoms with Crippen molar-refractivity contribution in [1.82, 2.24) is 10.2 Å². The largest absolute Gasteiger partial charge is 0.416 e. The van der Waals surface area contributed by atoms with E-state index in [4.69, 9.17) is 4.99 Å². The maximum Gasteiger partial charge on any atom is 0.416 e. The minimum Gasteiger partial charge on any atom is -0.352 e. The van der Waals surface area contributed by atoms with Crippen LogP contribution in [0.1, 0.15) is 79.9 Å². The van der Waals surface area contributed by atoms with E-state index >= 15 is 0 Å². The first kappa shape index (κ1) is 29.5. The molecule has 40 heavy (non-hydrogen) atoms. The van der Waals surface area contributed by atoms with Crippen LogP contribution in [-0.4, -0.2) is 47.0 Å². The Morgan fingerprint density at radius 3 is 2.40 bits per heavy atom. The number of hydrogen-bond acceptors (Lipinski definition) is 4. The van der Waals surface area contributed by atoms with E-state index in [1.807, 2.05) is 19.1 Å². The van der Waals surface area contributed by atoms with Crippen molar-refractivity contribution >= 4 is 23.8 Å². The molecule has 2 aromatic carbocycles. The van der Waals surface area contributed by atoms with Crippen molar-refractivity contribution in [3.05, 3.63) is 70.8 Å². The van der Waals surface area contributed by atoms with Crippen LogP contribution >= 0.6 is 0 Å². The van der Waals surface area contributed by atoms with Gasteiger partial charge >= 0.3 is 6.18 Å². The summed E-state index contributed by atoms with van der Waals surface area (Å²) in [6, 6.07) is 11.7. The number of carbonyl (C=O) groups excluding carboxylic acids is 3. The minimum absolute atomic E-state index is 0.0864. The molecule has 0 bridgehead atoms. The first-order valence-electron chi connectivity index (χ1n) is 13.9. The third-order valence-electron chi connectivity index (χ3n) is 8.16. The second-order valence-electron chi connectivity index (χ2n) is 11.2. The summed E-state index contributed by atoms with van der Waals surface area (Å²) in [4.78, 5) is 43.4. The molecule has 1 unspecified atom stereocenters. The first-order valence-corrected chi connectivity index (χ1v) is 13.9. The fourth-order valence-electron chi connectivity index (χ4n) is 5.95. The number of alkyl halides is 3. The summed E-state index contributed by atoms with van der Waals surface area (Å²) >= 11 is 0. The number of amides is 2. The Balaban J connectivity index is 1.59. The average Bonchev–Trinajstić information content (AvgIpc) is 3.20. The van der Waals surface area contributed by atoms with Gasteiger partial charge in [-0.3, -0.25) is 14.6 Å². The molecular weight excluding hydrogens is 519 g/mol. The second kappa shape index (κ2) is 11.9. The molecule has 4 rings (SSSR count). The summed E-state index contributed by atoms with van der Waals surface area (Å²) in [5.41, 5.74) is 0.0681. The molecule has 1 saturated carbocycles. The van der Waals surface area contributed by atoms with Crippen molar-refractivity contribution in [2.45, 2.75) is 77.2 Å². The predicted molar refractivity (Wildman–Crippen MR) is 147 cm³/mol. The Morgan fingerprint density at radius 2 is 1.80 bits per heavy atom. The number of halogens is 3. The number of carbonyl (C=O) groups is 3. The lowest BCUT2D eigenvalue weighted by Crippen LogP contribution is -2.54. The van der Waals surface area contributed by atoms with Gasteiger partial charge in [0.2, 0.25) is 0 Å². The maximum absolute atomic E-state index is 13.9. The molecule has 2 aromatic rings. The van der Waals surface area contributed by atoms with Crippen molar-refractivity contribution in [2.24, 2.45) is 16.8 Å². The summed E-state index contributed by atoms with van der Waals surface area (Å²) in [5, 5.41) is 2.69. The molecule has 6 nitrogen and oxygen atoms in total. The topological polar surface area (TPSA) is 78.8 Å². The van der Waals surface area contributed by atoms with Crippen molar-refractivity contribution in [1.29, 1.82) is 0 Å². The zero-order valence-corrected chi connectivity index (χ0v) is 23.1. The third kappa shape index (κ3) is 6.29. The highest BCUT2D eigenvalue weighted by Crippen LogP contribution is 2.45. The lowest BCUT2D eigenvalue weighted by atomic mass is 9.76. The van der Waals surface area contributed by atoms with Crippen LogP contribution in [0.2, 0.25) is 0 Å². The zero-order chi connectivity index (χ0) is 29.1. The average molecular weight is 556 g/mol. The normalized spacial score (nSPS) is 22.0. The molecule has 2 amide bonds. The summed E-state index contributed by atoms with van der Waals surface area (Å²) in [7, 11) is 0. The Hall–Kier alpha value is -3.49. The lowest BCUT2D eigenvalue weighted by Gasteiger charge is -2.45. The Kier molecular flexibility index (Phi) is 8.80. The monoisotopic (exact) mass is 555 g/mol. The van der Waals surface area contributed by atoms with Crippen LogP contribution in [0.4, 0.5) is 13.2 Å². The summed E-state index contributed by atoms with van der Waals surface area (Å²) in [6.45, 7) is 6.59. The highest BCUT2D eigenvalue weighted by Gasteiger charge is 2.51. The molecule has 214 valence electrons. The van der Waals surface area contributed by atoms with E-state index in [1.165, 1.54) is 12.1 Å². The van der Waals surface area contributed by atoms with E-state index in [2.05, 4.69) is 19.2 Å². The number of rotatable bonds is 9. The van der Waals surface area contributed by atoms with E-state index in [-0.39, 0.29) is 42.1 Å². The van der Waals surface area contributed by atoms with E-state index in [0.717, 1.165) is 36.8 Å². The van der Waals surface area contributed by atoms with Crippen molar-refractivity contribution in [3.8, 4) is 0 Å². The molecule has 1 aliphatic carbocycles. The molecule has 9 heteroatoms. The van der Waals surface area contributed by atoms with Gasteiger partial charge in [-0.2, -0.15) is 13.2 Å². The second-order valence-corrected chi connectivity index (χ2v) is 11.2. The van der Waals surface area contributed by atoms with Crippen molar-refractivity contribution in [2.75, 3.05) is 6.54 Å². The molecule has 0 aromatic heterocycles. The lowest BCUT2D eigenvalue weighted by molar-refractivity contribution is -0.137. The van der Waals surface area contributed by atoms with Gasteiger partial charge in [0.1, 0.15) is 17.7 Å². The molecular formula is C31H36F3N3O3. The molecule has 0 radical (unpaired) electrons. The van der Waals surface area contributed by atoms with E-state index in [1.54, 1.807) is 17.0 Å². The van der Waals surface area contributed by atoms with E-state index < -0.39 is 17.4 Å². The van der Waals surface area contributed by atoms with Gasteiger partial charge < -0.3 is 15.0 Å². The molecule has 1 heterocycles. The number of hydrogen-bond donors (Lipinski definition) is 1. The molecule has 1 aliphatic heterocycles. The highest BCUT2D eigenvalue weighted by molar-refractivity contribution is 6.46. The fraction of sp³-hybridized carbons (Fsp3) is 0.484. The summed E-state index contributed by atoms with van der Waals surface area (Å²) < 4.78 is 40.3. The van der Waals surface area contributed by atoms with E-state index in [0.29, 0.717) is 36.7 Å². The van der Waals surface area contributed by atoms with Crippen LogP contribution in [0, 0.1) is 11.8 Å². The summed E-state index contributed by atoms with van der Waals surface area (Å²) in [6.07, 6.45) is 0.0742. The Labute approximate surface area is 233 Å². The van der Waals surface area contributed by atoms with Gasteiger partial charge in [0.05, 0.1) is 5.56 Å². The van der Waals surface area contributed by atoms with Gasteiger partial charge in [-0.05, 0) is 80.7 Å². The Morgan fingerprint density at radius 1 is 1.12 bits per heavy atom. The number of aldehydes is 1. The maximum atomic E-state index is 13.9. The van der Waals surface area contributed by atoms with Gasteiger partial charge in [-0.25, -0.2) is 0 Å². The van der Waals surface area contributed by atoms with Crippen LogP contribution in [-0.2, 0) is 22.2 Å². The summed E-state index contributed by atoms with van der Waals surface area (Å²) in [5.74, 6) is 0.398.